The molecule has 0 saturated carbocycles. The van der Waals surface area contributed by atoms with E-state index in [0.717, 1.165) is 18.2 Å². The summed E-state index contributed by atoms with van der Waals surface area (Å²) in [5.41, 5.74) is 0.425. The number of aryl methyl sites for hydroxylation is 1. The minimum atomic E-state index is -4.53. The minimum absolute atomic E-state index is 0.0648. The molecule has 0 amide bonds. The molecule has 0 bridgehead atoms. The molecule has 148 valence electrons. The van der Waals surface area contributed by atoms with Crippen molar-refractivity contribution in [1.29, 1.82) is 0 Å². The van der Waals surface area contributed by atoms with Gasteiger partial charge in [0.25, 0.3) is 0 Å². The number of halogens is 5. The molecular weight excluding hydrogens is 399 g/mol. The zero-order valence-corrected chi connectivity index (χ0v) is 15.7. The first-order valence-corrected chi connectivity index (χ1v) is 10.1. The van der Waals surface area contributed by atoms with E-state index >= 15 is 0 Å². The topological polar surface area (TPSA) is 34.1 Å². The summed E-state index contributed by atoms with van der Waals surface area (Å²) >= 11 is 0. The zero-order chi connectivity index (χ0) is 20.9. The van der Waals surface area contributed by atoms with E-state index in [1.54, 1.807) is 12.2 Å². The zero-order valence-electron chi connectivity index (χ0n) is 14.9. The van der Waals surface area contributed by atoms with E-state index in [0.29, 0.717) is 17.4 Å². The maximum Gasteiger partial charge on any atom is 0.416 e. The summed E-state index contributed by atoms with van der Waals surface area (Å²) in [6.07, 6.45) is -0.334. The van der Waals surface area contributed by atoms with Gasteiger partial charge in [-0.05, 0) is 59.4 Å². The van der Waals surface area contributed by atoms with Gasteiger partial charge in [-0.15, -0.1) is 0 Å². The second-order valence-corrected chi connectivity index (χ2v) is 8.52. The lowest BCUT2D eigenvalue weighted by atomic mass is 9.94. The van der Waals surface area contributed by atoms with Crippen molar-refractivity contribution in [2.24, 2.45) is 0 Å². The molecule has 0 N–H and O–H groups in total. The molecule has 0 radical (unpaired) electrons. The quantitative estimate of drug-likeness (QED) is 0.616. The van der Waals surface area contributed by atoms with Crippen LogP contribution in [0.25, 0.3) is 11.1 Å². The second kappa shape index (κ2) is 6.84. The summed E-state index contributed by atoms with van der Waals surface area (Å²) in [6, 6.07) is 5.62. The summed E-state index contributed by atoms with van der Waals surface area (Å²) < 4.78 is 91.2. The van der Waals surface area contributed by atoms with Crippen LogP contribution in [0.15, 0.2) is 47.4 Å². The number of hydrogen-bond acceptors (Lipinski definition) is 2. The number of allylic oxidation sites excluding steroid dienone is 4. The van der Waals surface area contributed by atoms with Crippen LogP contribution in [0.4, 0.5) is 22.0 Å². The third-order valence-electron chi connectivity index (χ3n) is 4.50. The van der Waals surface area contributed by atoms with Crippen LogP contribution in [0, 0.1) is 18.6 Å². The number of benzene rings is 2. The molecule has 28 heavy (non-hydrogen) atoms. The smallest absolute Gasteiger partial charge is 0.224 e. The largest absolute Gasteiger partial charge is 0.416 e. The SMILES string of the molecule is Cc1ccc(C2=C(c3cc(F)c(S(C)(=O)=O)c(F)c3)CC=C2)cc1C(F)(F)F. The predicted octanol–water partition coefficient (Wildman–Crippen LogP) is 5.57. The van der Waals surface area contributed by atoms with Gasteiger partial charge in [0.1, 0.15) is 16.5 Å². The first-order chi connectivity index (χ1) is 12.9. The van der Waals surface area contributed by atoms with Crippen LogP contribution in [0.5, 0.6) is 0 Å². The van der Waals surface area contributed by atoms with Gasteiger partial charge in [0.2, 0.25) is 0 Å². The predicted molar refractivity (Wildman–Crippen MR) is 96.2 cm³/mol. The fraction of sp³-hybridized carbons (Fsp3) is 0.200. The fourth-order valence-corrected chi connectivity index (χ4v) is 4.06. The Hall–Kier alpha value is -2.48. The maximum atomic E-state index is 14.3. The third-order valence-corrected chi connectivity index (χ3v) is 5.63. The first kappa shape index (κ1) is 20.3. The summed E-state index contributed by atoms with van der Waals surface area (Å²) in [5, 5.41) is 0. The lowest BCUT2D eigenvalue weighted by Crippen LogP contribution is -2.08. The molecule has 0 atom stereocenters. The molecule has 0 spiro atoms. The normalized spacial score (nSPS) is 14.8. The average Bonchev–Trinajstić information content (AvgIpc) is 3.01. The maximum absolute atomic E-state index is 14.3. The second-order valence-electron chi connectivity index (χ2n) is 6.57. The van der Waals surface area contributed by atoms with Crippen molar-refractivity contribution in [1.82, 2.24) is 0 Å². The summed E-state index contributed by atoms with van der Waals surface area (Å²) in [5.74, 6) is -2.48. The van der Waals surface area contributed by atoms with Crippen LogP contribution >= 0.6 is 0 Å². The van der Waals surface area contributed by atoms with E-state index in [-0.39, 0.29) is 23.1 Å². The highest BCUT2D eigenvalue weighted by molar-refractivity contribution is 7.90. The van der Waals surface area contributed by atoms with Crippen LogP contribution in [0.3, 0.4) is 0 Å². The van der Waals surface area contributed by atoms with Gasteiger partial charge in [-0.2, -0.15) is 13.2 Å². The molecule has 1 aliphatic rings. The van der Waals surface area contributed by atoms with E-state index in [2.05, 4.69) is 0 Å². The Kier molecular flexibility index (Phi) is 4.95. The molecule has 2 nitrogen and oxygen atoms in total. The van der Waals surface area contributed by atoms with Gasteiger partial charge >= 0.3 is 6.18 Å². The molecule has 8 heteroatoms. The van der Waals surface area contributed by atoms with Crippen molar-refractivity contribution in [3.63, 3.8) is 0 Å². The monoisotopic (exact) mass is 414 g/mol. The number of sulfone groups is 1. The molecular formula is C20H15F5O2S. The van der Waals surface area contributed by atoms with E-state index in [1.165, 1.54) is 19.1 Å². The molecule has 0 unspecified atom stereocenters. The van der Waals surface area contributed by atoms with E-state index in [4.69, 9.17) is 0 Å². The molecule has 3 rings (SSSR count). The van der Waals surface area contributed by atoms with Crippen LogP contribution in [-0.4, -0.2) is 14.7 Å². The van der Waals surface area contributed by atoms with E-state index < -0.39 is 38.1 Å². The van der Waals surface area contributed by atoms with Gasteiger partial charge in [-0.3, -0.25) is 0 Å². The van der Waals surface area contributed by atoms with E-state index in [9.17, 15) is 30.4 Å². The lowest BCUT2D eigenvalue weighted by molar-refractivity contribution is -0.138. The Balaban J connectivity index is 2.17. The van der Waals surface area contributed by atoms with Crippen LogP contribution in [0.1, 0.15) is 28.7 Å². The van der Waals surface area contributed by atoms with Crippen molar-refractivity contribution in [3.05, 3.63) is 76.4 Å². The Morgan fingerprint density at radius 2 is 1.57 bits per heavy atom. The van der Waals surface area contributed by atoms with Crippen molar-refractivity contribution in [2.45, 2.75) is 24.4 Å². The van der Waals surface area contributed by atoms with Crippen molar-refractivity contribution >= 4 is 21.0 Å². The van der Waals surface area contributed by atoms with Crippen molar-refractivity contribution in [3.8, 4) is 0 Å². The molecule has 0 aromatic heterocycles. The van der Waals surface area contributed by atoms with Gasteiger partial charge in [0.05, 0.1) is 5.56 Å². The first-order valence-electron chi connectivity index (χ1n) is 8.17. The van der Waals surface area contributed by atoms with E-state index in [1.807, 2.05) is 0 Å². The highest BCUT2D eigenvalue weighted by Gasteiger charge is 2.33. The van der Waals surface area contributed by atoms with Crippen molar-refractivity contribution in [2.75, 3.05) is 6.26 Å². The summed E-state index contributed by atoms with van der Waals surface area (Å²) in [6.45, 7) is 1.35. The molecule has 0 fully saturated rings. The number of hydrogen-bond donors (Lipinski definition) is 0. The third kappa shape index (κ3) is 3.73. The highest BCUT2D eigenvalue weighted by atomic mass is 32.2. The average molecular weight is 414 g/mol. The summed E-state index contributed by atoms with van der Waals surface area (Å²) in [4.78, 5) is -1.03. The molecule has 2 aromatic rings. The summed E-state index contributed by atoms with van der Waals surface area (Å²) in [7, 11) is -4.10. The molecule has 0 saturated heterocycles. The molecule has 0 heterocycles. The number of rotatable bonds is 3. The van der Waals surface area contributed by atoms with Gasteiger partial charge < -0.3 is 0 Å². The standard InChI is InChI=1S/C20H15F5O2S/c1-11-6-7-12(8-16(11)20(23,24)25)14-4-3-5-15(14)13-9-17(21)19(18(22)10-13)28(2,26)27/h3-4,6-10H,5H2,1-2H3. The molecule has 1 aliphatic carbocycles. The minimum Gasteiger partial charge on any atom is -0.224 e. The van der Waals surface area contributed by atoms with Crippen LogP contribution in [0.2, 0.25) is 0 Å². The molecule has 2 aromatic carbocycles. The Morgan fingerprint density at radius 1 is 0.964 bits per heavy atom. The Bertz CT molecular complexity index is 1100. The van der Waals surface area contributed by atoms with Gasteiger partial charge in [-0.25, -0.2) is 17.2 Å². The van der Waals surface area contributed by atoms with Gasteiger partial charge in [0, 0.05) is 6.26 Å². The fourth-order valence-electron chi connectivity index (χ4n) is 3.23. The van der Waals surface area contributed by atoms with Crippen LogP contribution < -0.4 is 0 Å². The van der Waals surface area contributed by atoms with Gasteiger partial charge in [0.15, 0.2) is 9.84 Å². The van der Waals surface area contributed by atoms with Crippen LogP contribution in [-0.2, 0) is 16.0 Å². The Labute approximate surface area is 158 Å². The lowest BCUT2D eigenvalue weighted by Gasteiger charge is -2.14. The number of alkyl halides is 3. The van der Waals surface area contributed by atoms with Crippen molar-refractivity contribution < 1.29 is 30.4 Å². The molecule has 0 aliphatic heterocycles. The Morgan fingerprint density at radius 3 is 2.11 bits per heavy atom. The highest BCUT2D eigenvalue weighted by Crippen LogP contribution is 2.39. The van der Waals surface area contributed by atoms with Gasteiger partial charge in [-0.1, -0.05) is 24.3 Å².